The maximum Gasteiger partial charge on any atom is 0.242 e. The van der Waals surface area contributed by atoms with Crippen molar-refractivity contribution in [3.63, 3.8) is 0 Å². The standard InChI is InChI=1S/C11H17BrN2O2S/c1-9(2)4-3-5-14-17(15,16)11-6-10(12)7-13-8-11/h6-9,14H,3-5H2,1-2H3. The number of rotatable bonds is 6. The number of hydrogen-bond donors (Lipinski definition) is 1. The first kappa shape index (κ1) is 14.6. The first-order valence-corrected chi connectivity index (χ1v) is 7.79. The van der Waals surface area contributed by atoms with Crippen molar-refractivity contribution in [3.8, 4) is 0 Å². The van der Waals surface area contributed by atoms with Gasteiger partial charge in [-0.25, -0.2) is 13.1 Å². The lowest BCUT2D eigenvalue weighted by atomic mass is 10.1. The van der Waals surface area contributed by atoms with E-state index < -0.39 is 10.0 Å². The number of nitrogens with one attached hydrogen (secondary N) is 1. The summed E-state index contributed by atoms with van der Waals surface area (Å²) in [5, 5.41) is 0. The van der Waals surface area contributed by atoms with Gasteiger partial charge in [-0.05, 0) is 40.8 Å². The van der Waals surface area contributed by atoms with Gasteiger partial charge in [0.15, 0.2) is 0 Å². The third-order valence-corrected chi connectivity index (χ3v) is 4.10. The zero-order valence-electron chi connectivity index (χ0n) is 9.98. The molecule has 0 aliphatic carbocycles. The second kappa shape index (κ2) is 6.47. The molecule has 0 saturated carbocycles. The van der Waals surface area contributed by atoms with E-state index in [4.69, 9.17) is 0 Å². The highest BCUT2D eigenvalue weighted by atomic mass is 79.9. The van der Waals surface area contributed by atoms with Crippen molar-refractivity contribution in [1.82, 2.24) is 9.71 Å². The van der Waals surface area contributed by atoms with Crippen molar-refractivity contribution < 1.29 is 8.42 Å². The van der Waals surface area contributed by atoms with Gasteiger partial charge < -0.3 is 0 Å². The molecule has 1 heterocycles. The van der Waals surface area contributed by atoms with Crippen LogP contribution < -0.4 is 4.72 Å². The van der Waals surface area contributed by atoms with Crippen LogP contribution >= 0.6 is 15.9 Å². The van der Waals surface area contributed by atoms with E-state index in [0.29, 0.717) is 16.9 Å². The molecule has 0 bridgehead atoms. The number of sulfonamides is 1. The van der Waals surface area contributed by atoms with Gasteiger partial charge in [-0.2, -0.15) is 0 Å². The predicted octanol–water partition coefficient (Wildman–Crippen LogP) is 2.56. The number of hydrogen-bond acceptors (Lipinski definition) is 3. The van der Waals surface area contributed by atoms with Crippen LogP contribution in [0.2, 0.25) is 0 Å². The summed E-state index contributed by atoms with van der Waals surface area (Å²) in [4.78, 5) is 4.03. The normalized spacial score (nSPS) is 12.0. The summed E-state index contributed by atoms with van der Waals surface area (Å²) >= 11 is 3.20. The third kappa shape index (κ3) is 5.14. The van der Waals surface area contributed by atoms with Crippen LogP contribution in [0.15, 0.2) is 27.8 Å². The molecule has 6 heteroatoms. The van der Waals surface area contributed by atoms with Crippen LogP contribution in [0.4, 0.5) is 0 Å². The van der Waals surface area contributed by atoms with Gasteiger partial charge in [0, 0.05) is 23.4 Å². The van der Waals surface area contributed by atoms with E-state index in [1.807, 2.05) is 0 Å². The zero-order valence-corrected chi connectivity index (χ0v) is 12.4. The molecular formula is C11H17BrN2O2S. The van der Waals surface area contributed by atoms with E-state index in [-0.39, 0.29) is 4.90 Å². The SMILES string of the molecule is CC(C)CCCNS(=O)(=O)c1cncc(Br)c1. The molecule has 0 aliphatic rings. The first-order valence-electron chi connectivity index (χ1n) is 5.52. The van der Waals surface area contributed by atoms with E-state index in [1.54, 1.807) is 6.20 Å². The monoisotopic (exact) mass is 320 g/mol. The second-order valence-corrected chi connectivity index (χ2v) is 6.96. The zero-order chi connectivity index (χ0) is 12.9. The molecule has 4 nitrogen and oxygen atoms in total. The molecule has 0 amide bonds. The van der Waals surface area contributed by atoms with Crippen molar-refractivity contribution in [2.24, 2.45) is 5.92 Å². The molecule has 17 heavy (non-hydrogen) atoms. The van der Waals surface area contributed by atoms with Crippen LogP contribution in [-0.2, 0) is 10.0 Å². The molecule has 0 aromatic carbocycles. The van der Waals surface area contributed by atoms with E-state index in [2.05, 4.69) is 39.5 Å². The topological polar surface area (TPSA) is 59.1 Å². The number of pyridine rings is 1. The average Bonchev–Trinajstić information content (AvgIpc) is 2.24. The van der Waals surface area contributed by atoms with Gasteiger partial charge in [0.25, 0.3) is 0 Å². The van der Waals surface area contributed by atoms with Crippen molar-refractivity contribution >= 4 is 26.0 Å². The molecule has 1 aromatic heterocycles. The Morgan fingerprint density at radius 2 is 2.12 bits per heavy atom. The van der Waals surface area contributed by atoms with Crippen LogP contribution in [-0.4, -0.2) is 19.9 Å². The van der Waals surface area contributed by atoms with Crippen molar-refractivity contribution in [2.75, 3.05) is 6.54 Å². The summed E-state index contributed by atoms with van der Waals surface area (Å²) < 4.78 is 26.9. The lowest BCUT2D eigenvalue weighted by Gasteiger charge is -2.07. The summed E-state index contributed by atoms with van der Waals surface area (Å²) in [5.74, 6) is 0.590. The van der Waals surface area contributed by atoms with Gasteiger partial charge in [0.05, 0.1) is 0 Å². The number of halogens is 1. The van der Waals surface area contributed by atoms with Crippen LogP contribution in [0, 0.1) is 5.92 Å². The van der Waals surface area contributed by atoms with Crippen LogP contribution in [0.5, 0.6) is 0 Å². The largest absolute Gasteiger partial charge is 0.262 e. The van der Waals surface area contributed by atoms with Crippen molar-refractivity contribution in [3.05, 3.63) is 22.9 Å². The Kier molecular flexibility index (Phi) is 5.55. The Labute approximate surface area is 111 Å². The number of nitrogens with zero attached hydrogens (tertiary/aromatic N) is 1. The molecular weight excluding hydrogens is 304 g/mol. The van der Waals surface area contributed by atoms with Gasteiger partial charge in [-0.3, -0.25) is 4.98 Å². The molecule has 1 aromatic rings. The predicted molar refractivity (Wildman–Crippen MR) is 71.2 cm³/mol. The summed E-state index contributed by atoms with van der Waals surface area (Å²) in [6, 6.07) is 1.54. The minimum Gasteiger partial charge on any atom is -0.262 e. The molecule has 1 N–H and O–H groups in total. The Balaban J connectivity index is 2.57. The molecule has 0 spiro atoms. The fourth-order valence-electron chi connectivity index (χ4n) is 1.34. The van der Waals surface area contributed by atoms with E-state index in [9.17, 15) is 8.42 Å². The highest BCUT2D eigenvalue weighted by molar-refractivity contribution is 9.10. The first-order chi connectivity index (χ1) is 7.92. The van der Waals surface area contributed by atoms with Gasteiger partial charge in [0.2, 0.25) is 10.0 Å². The van der Waals surface area contributed by atoms with E-state index in [1.165, 1.54) is 12.3 Å². The molecule has 0 aliphatic heterocycles. The smallest absolute Gasteiger partial charge is 0.242 e. The molecule has 1 rings (SSSR count). The van der Waals surface area contributed by atoms with Gasteiger partial charge >= 0.3 is 0 Å². The molecule has 0 fully saturated rings. The van der Waals surface area contributed by atoms with Gasteiger partial charge in [-0.15, -0.1) is 0 Å². The Hall–Kier alpha value is -0.460. The maximum atomic E-state index is 11.9. The molecule has 96 valence electrons. The molecule has 0 radical (unpaired) electrons. The highest BCUT2D eigenvalue weighted by Crippen LogP contribution is 2.14. The number of aromatic nitrogens is 1. The van der Waals surface area contributed by atoms with Crippen LogP contribution in [0.3, 0.4) is 0 Å². The maximum absolute atomic E-state index is 11.9. The fourth-order valence-corrected chi connectivity index (χ4v) is 2.92. The summed E-state index contributed by atoms with van der Waals surface area (Å²) in [7, 11) is -3.42. The van der Waals surface area contributed by atoms with Crippen molar-refractivity contribution in [2.45, 2.75) is 31.6 Å². The Morgan fingerprint density at radius 3 is 2.71 bits per heavy atom. The lowest BCUT2D eigenvalue weighted by Crippen LogP contribution is -2.25. The lowest BCUT2D eigenvalue weighted by molar-refractivity contribution is 0.539. The summed E-state index contributed by atoms with van der Waals surface area (Å²) in [6.07, 6.45) is 4.75. The Morgan fingerprint density at radius 1 is 1.41 bits per heavy atom. The minimum absolute atomic E-state index is 0.191. The average molecular weight is 321 g/mol. The van der Waals surface area contributed by atoms with E-state index >= 15 is 0 Å². The quantitative estimate of drug-likeness (QED) is 0.819. The highest BCUT2D eigenvalue weighted by Gasteiger charge is 2.13. The van der Waals surface area contributed by atoms with Crippen LogP contribution in [0.25, 0.3) is 0 Å². The molecule has 0 saturated heterocycles. The van der Waals surface area contributed by atoms with Gasteiger partial charge in [0.1, 0.15) is 4.90 Å². The minimum atomic E-state index is -3.42. The van der Waals surface area contributed by atoms with Gasteiger partial charge in [-0.1, -0.05) is 13.8 Å². The second-order valence-electron chi connectivity index (χ2n) is 4.27. The summed E-state index contributed by atoms with van der Waals surface area (Å²) in [5.41, 5.74) is 0. The third-order valence-electron chi connectivity index (χ3n) is 2.24. The van der Waals surface area contributed by atoms with E-state index in [0.717, 1.165) is 12.8 Å². The Bertz CT molecular complexity index is 460. The fraction of sp³-hybridized carbons (Fsp3) is 0.545. The molecule has 0 unspecified atom stereocenters. The van der Waals surface area contributed by atoms with Crippen LogP contribution in [0.1, 0.15) is 26.7 Å². The molecule has 0 atom stereocenters. The summed E-state index contributed by atoms with van der Waals surface area (Å²) in [6.45, 7) is 4.70. The van der Waals surface area contributed by atoms with Crippen molar-refractivity contribution in [1.29, 1.82) is 0 Å².